The SMILES string of the molecule is COC(=O)c1ccc(C(=O)Nc2ccc(S(=O)(=O)N(C)C)cc2)cc1. The zero-order valence-electron chi connectivity index (χ0n) is 14.0. The normalized spacial score (nSPS) is 11.2. The van der Waals surface area contributed by atoms with Gasteiger partial charge in [0.2, 0.25) is 10.0 Å². The van der Waals surface area contributed by atoms with Gasteiger partial charge >= 0.3 is 5.97 Å². The number of amides is 1. The summed E-state index contributed by atoms with van der Waals surface area (Å²) in [7, 11) is 0.663. The molecule has 2 rings (SSSR count). The van der Waals surface area contributed by atoms with Crippen molar-refractivity contribution in [3.05, 3.63) is 59.7 Å². The maximum atomic E-state index is 12.2. The number of rotatable bonds is 5. The molecule has 0 aliphatic rings. The maximum Gasteiger partial charge on any atom is 0.337 e. The van der Waals surface area contributed by atoms with Crippen LogP contribution in [0.25, 0.3) is 0 Å². The fourth-order valence-corrected chi connectivity index (χ4v) is 2.90. The number of ether oxygens (including phenoxy) is 1. The predicted octanol–water partition coefficient (Wildman–Crippen LogP) is 1.98. The summed E-state index contributed by atoms with van der Waals surface area (Å²) in [6.07, 6.45) is 0. The third-order valence-corrected chi connectivity index (χ3v) is 5.29. The van der Waals surface area contributed by atoms with Crippen LogP contribution in [0.15, 0.2) is 53.4 Å². The summed E-state index contributed by atoms with van der Waals surface area (Å²) >= 11 is 0. The van der Waals surface area contributed by atoms with Crippen LogP contribution in [0.4, 0.5) is 5.69 Å². The second kappa shape index (κ2) is 7.45. The molecule has 0 heterocycles. The third kappa shape index (κ3) is 4.23. The minimum Gasteiger partial charge on any atom is -0.465 e. The molecule has 2 aromatic carbocycles. The monoisotopic (exact) mass is 362 g/mol. The number of hydrogen-bond donors (Lipinski definition) is 1. The molecule has 1 N–H and O–H groups in total. The van der Waals surface area contributed by atoms with Crippen molar-refractivity contribution in [2.24, 2.45) is 0 Å². The van der Waals surface area contributed by atoms with Gasteiger partial charge in [-0.25, -0.2) is 17.5 Å². The molecule has 0 radical (unpaired) electrons. The Morgan fingerprint density at radius 1 is 0.920 bits per heavy atom. The van der Waals surface area contributed by atoms with Crippen LogP contribution in [0.2, 0.25) is 0 Å². The lowest BCUT2D eigenvalue weighted by Gasteiger charge is -2.12. The molecule has 25 heavy (non-hydrogen) atoms. The van der Waals surface area contributed by atoms with Gasteiger partial charge in [0.25, 0.3) is 5.91 Å². The third-order valence-electron chi connectivity index (χ3n) is 3.46. The number of carbonyl (C=O) groups is 2. The van der Waals surface area contributed by atoms with E-state index in [4.69, 9.17) is 0 Å². The van der Waals surface area contributed by atoms with E-state index in [1.165, 1.54) is 69.7 Å². The van der Waals surface area contributed by atoms with Gasteiger partial charge in [-0.05, 0) is 48.5 Å². The Kier molecular flexibility index (Phi) is 5.55. The van der Waals surface area contributed by atoms with Crippen LogP contribution in [0.1, 0.15) is 20.7 Å². The first-order chi connectivity index (χ1) is 11.8. The Bertz CT molecular complexity index is 872. The summed E-state index contributed by atoms with van der Waals surface area (Å²) in [6, 6.07) is 11.9. The van der Waals surface area contributed by atoms with Gasteiger partial charge < -0.3 is 10.1 Å². The predicted molar refractivity (Wildman–Crippen MR) is 93.0 cm³/mol. The molecular weight excluding hydrogens is 344 g/mol. The van der Waals surface area contributed by atoms with E-state index in [-0.39, 0.29) is 10.8 Å². The van der Waals surface area contributed by atoms with E-state index >= 15 is 0 Å². The van der Waals surface area contributed by atoms with Gasteiger partial charge in [0.15, 0.2) is 0 Å². The lowest BCUT2D eigenvalue weighted by atomic mass is 10.1. The minimum absolute atomic E-state index is 0.137. The number of nitrogens with one attached hydrogen (secondary N) is 1. The molecule has 0 aromatic heterocycles. The Morgan fingerprint density at radius 3 is 1.92 bits per heavy atom. The molecule has 0 fully saturated rings. The average molecular weight is 362 g/mol. The van der Waals surface area contributed by atoms with Crippen molar-refractivity contribution in [2.45, 2.75) is 4.90 Å². The number of sulfonamides is 1. The number of benzene rings is 2. The zero-order valence-corrected chi connectivity index (χ0v) is 14.8. The Labute approximate surface area is 146 Å². The molecule has 0 bridgehead atoms. The van der Waals surface area contributed by atoms with Crippen LogP contribution in [-0.4, -0.2) is 45.8 Å². The van der Waals surface area contributed by atoms with Crippen molar-refractivity contribution in [2.75, 3.05) is 26.5 Å². The molecule has 1 amide bonds. The van der Waals surface area contributed by atoms with Crippen LogP contribution < -0.4 is 5.32 Å². The fourth-order valence-electron chi connectivity index (χ4n) is 2.00. The quantitative estimate of drug-likeness (QED) is 0.821. The van der Waals surface area contributed by atoms with E-state index in [0.29, 0.717) is 16.8 Å². The number of nitrogens with zero attached hydrogens (tertiary/aromatic N) is 1. The first kappa shape index (κ1) is 18.6. The summed E-state index contributed by atoms with van der Waals surface area (Å²) in [6.45, 7) is 0. The molecular formula is C17H18N2O5S. The summed E-state index contributed by atoms with van der Waals surface area (Å²) in [5.74, 6) is -0.857. The summed E-state index contributed by atoms with van der Waals surface area (Å²) in [5.41, 5.74) is 1.16. The Morgan fingerprint density at radius 2 is 1.44 bits per heavy atom. The van der Waals surface area contributed by atoms with Crippen LogP contribution in [0.3, 0.4) is 0 Å². The highest BCUT2D eigenvalue weighted by Gasteiger charge is 2.17. The number of anilines is 1. The van der Waals surface area contributed by atoms with Gasteiger partial charge in [-0.2, -0.15) is 0 Å². The molecule has 0 aliphatic carbocycles. The van der Waals surface area contributed by atoms with E-state index in [9.17, 15) is 18.0 Å². The molecule has 0 saturated carbocycles. The van der Waals surface area contributed by atoms with Crippen molar-refractivity contribution in [1.82, 2.24) is 4.31 Å². The molecule has 7 nitrogen and oxygen atoms in total. The molecule has 0 spiro atoms. The topological polar surface area (TPSA) is 92.8 Å². The van der Waals surface area contributed by atoms with E-state index in [1.54, 1.807) is 0 Å². The fraction of sp³-hybridized carbons (Fsp3) is 0.176. The maximum absolute atomic E-state index is 12.2. The average Bonchev–Trinajstić information content (AvgIpc) is 2.61. The van der Waals surface area contributed by atoms with Gasteiger partial charge in [-0.1, -0.05) is 0 Å². The van der Waals surface area contributed by atoms with Crippen LogP contribution >= 0.6 is 0 Å². The smallest absolute Gasteiger partial charge is 0.337 e. The number of hydrogen-bond acceptors (Lipinski definition) is 5. The first-order valence-corrected chi connectivity index (χ1v) is 8.72. The standard InChI is InChI=1S/C17H18N2O5S/c1-19(2)25(22,23)15-10-8-14(9-11-15)18-16(20)12-4-6-13(7-5-12)17(21)24-3/h4-11H,1-3H3,(H,18,20). The molecule has 0 saturated heterocycles. The van der Waals surface area contributed by atoms with Crippen molar-refractivity contribution in [3.63, 3.8) is 0 Å². The van der Waals surface area contributed by atoms with E-state index < -0.39 is 16.0 Å². The molecule has 0 aliphatic heterocycles. The van der Waals surface area contributed by atoms with E-state index in [1.807, 2.05) is 0 Å². The molecule has 132 valence electrons. The first-order valence-electron chi connectivity index (χ1n) is 7.28. The van der Waals surface area contributed by atoms with E-state index in [0.717, 1.165) is 4.31 Å². The van der Waals surface area contributed by atoms with Crippen LogP contribution in [-0.2, 0) is 14.8 Å². The highest BCUT2D eigenvalue weighted by molar-refractivity contribution is 7.89. The molecule has 2 aromatic rings. The van der Waals surface area contributed by atoms with Gasteiger partial charge in [0.1, 0.15) is 0 Å². The molecule has 0 atom stereocenters. The number of methoxy groups -OCH3 is 1. The molecule has 8 heteroatoms. The van der Waals surface area contributed by atoms with Gasteiger partial charge in [-0.3, -0.25) is 4.79 Å². The Balaban J connectivity index is 2.12. The number of carbonyl (C=O) groups excluding carboxylic acids is 2. The van der Waals surface area contributed by atoms with Gasteiger partial charge in [0.05, 0.1) is 17.6 Å². The summed E-state index contributed by atoms with van der Waals surface area (Å²) < 4.78 is 29.7. The Hall–Kier alpha value is -2.71. The van der Waals surface area contributed by atoms with Crippen LogP contribution in [0, 0.1) is 0 Å². The van der Waals surface area contributed by atoms with E-state index in [2.05, 4.69) is 10.1 Å². The highest BCUT2D eigenvalue weighted by Crippen LogP contribution is 2.17. The van der Waals surface area contributed by atoms with Crippen LogP contribution in [0.5, 0.6) is 0 Å². The minimum atomic E-state index is -3.51. The lowest BCUT2D eigenvalue weighted by Crippen LogP contribution is -2.22. The van der Waals surface area contributed by atoms with Gasteiger partial charge in [-0.15, -0.1) is 0 Å². The van der Waals surface area contributed by atoms with Crippen molar-refractivity contribution in [3.8, 4) is 0 Å². The second-order valence-corrected chi connectivity index (χ2v) is 7.49. The van der Waals surface area contributed by atoms with Crippen molar-refractivity contribution < 1.29 is 22.7 Å². The summed E-state index contributed by atoms with van der Waals surface area (Å²) in [4.78, 5) is 23.7. The van der Waals surface area contributed by atoms with Crippen molar-refractivity contribution >= 4 is 27.6 Å². The van der Waals surface area contributed by atoms with Gasteiger partial charge in [0, 0.05) is 25.3 Å². The largest absolute Gasteiger partial charge is 0.465 e. The zero-order chi connectivity index (χ0) is 18.6. The number of esters is 1. The molecule has 0 unspecified atom stereocenters. The lowest BCUT2D eigenvalue weighted by molar-refractivity contribution is 0.0600. The second-order valence-electron chi connectivity index (χ2n) is 5.33. The van der Waals surface area contributed by atoms with Crippen molar-refractivity contribution in [1.29, 1.82) is 0 Å². The summed E-state index contributed by atoms with van der Waals surface area (Å²) in [5, 5.41) is 2.67. The highest BCUT2D eigenvalue weighted by atomic mass is 32.2.